The number of carbonyl (C=O) groups excluding carboxylic acids is 2. The van der Waals surface area contributed by atoms with Crippen molar-refractivity contribution in [3.05, 3.63) is 84.1 Å². The Morgan fingerprint density at radius 3 is 2.18 bits per heavy atom. The molecular weight excluding hydrogens is 502 g/mol. The van der Waals surface area contributed by atoms with E-state index in [-0.39, 0.29) is 28.7 Å². The first kappa shape index (κ1) is 25.6. The third kappa shape index (κ3) is 5.91. The van der Waals surface area contributed by atoms with Gasteiger partial charge in [0, 0.05) is 6.07 Å². The fourth-order valence-corrected chi connectivity index (χ4v) is 4.09. The second-order valence-corrected chi connectivity index (χ2v) is 8.14. The van der Waals surface area contributed by atoms with Crippen molar-refractivity contribution in [2.24, 2.45) is 5.92 Å². The topological polar surface area (TPSA) is 114 Å². The maximum atomic E-state index is 13.5. The molecular formula is C25H28BrN3O5. The van der Waals surface area contributed by atoms with Crippen molar-refractivity contribution < 1.29 is 24.0 Å². The molecule has 1 aliphatic rings. The number of ether oxygens (including phenoxy) is 1. The summed E-state index contributed by atoms with van der Waals surface area (Å²) in [6.07, 6.45) is 2.32. The summed E-state index contributed by atoms with van der Waals surface area (Å²) in [6, 6.07) is 18.7. The fraction of sp³-hybridized carbons (Fsp3) is 0.320. The van der Waals surface area contributed by atoms with Crippen LogP contribution < -0.4 is 10.6 Å². The zero-order valence-corrected chi connectivity index (χ0v) is 20.3. The van der Waals surface area contributed by atoms with Gasteiger partial charge in [0.1, 0.15) is 6.26 Å². The van der Waals surface area contributed by atoms with Gasteiger partial charge >= 0.3 is 5.97 Å². The number of esters is 1. The van der Waals surface area contributed by atoms with E-state index in [2.05, 4.69) is 15.8 Å². The van der Waals surface area contributed by atoms with Crippen LogP contribution in [0.2, 0.25) is 0 Å². The maximum Gasteiger partial charge on any atom is 0.348 e. The van der Waals surface area contributed by atoms with Crippen LogP contribution in [-0.2, 0) is 19.9 Å². The smallest absolute Gasteiger partial charge is 0.348 e. The molecule has 1 aliphatic heterocycles. The Labute approximate surface area is 208 Å². The molecule has 1 fully saturated rings. The molecule has 0 bridgehead atoms. The molecule has 2 heterocycles. The molecule has 1 atom stereocenters. The van der Waals surface area contributed by atoms with E-state index in [9.17, 15) is 14.7 Å². The van der Waals surface area contributed by atoms with E-state index < -0.39 is 23.6 Å². The van der Waals surface area contributed by atoms with Gasteiger partial charge in [0.2, 0.25) is 5.60 Å². The highest BCUT2D eigenvalue weighted by molar-refractivity contribution is 8.93. The molecule has 9 heteroatoms. The van der Waals surface area contributed by atoms with Gasteiger partial charge in [-0.3, -0.25) is 4.79 Å². The number of hydrogen-bond acceptors (Lipinski definition) is 7. The maximum absolute atomic E-state index is 13.5. The second-order valence-electron chi connectivity index (χ2n) is 8.14. The number of nitrogens with one attached hydrogen (secondary N) is 2. The van der Waals surface area contributed by atoms with E-state index in [1.54, 1.807) is 60.7 Å². The van der Waals surface area contributed by atoms with E-state index >= 15 is 0 Å². The summed E-state index contributed by atoms with van der Waals surface area (Å²) < 4.78 is 10.5. The number of aliphatic hydroxyl groups is 1. The Morgan fingerprint density at radius 2 is 1.65 bits per heavy atom. The number of nitrogens with zero attached hydrogens (tertiary/aromatic N) is 1. The average Bonchev–Trinajstić information content (AvgIpc) is 3.38. The highest BCUT2D eigenvalue weighted by atomic mass is 79.9. The van der Waals surface area contributed by atoms with Gasteiger partial charge in [-0.25, -0.2) is 4.79 Å². The average molecular weight is 530 g/mol. The minimum absolute atomic E-state index is 0. The molecule has 0 aliphatic carbocycles. The number of rotatable bonds is 8. The van der Waals surface area contributed by atoms with Gasteiger partial charge in [0.15, 0.2) is 11.9 Å². The van der Waals surface area contributed by atoms with Crippen LogP contribution in [-0.4, -0.2) is 41.3 Å². The van der Waals surface area contributed by atoms with Crippen molar-refractivity contribution >= 4 is 34.7 Å². The monoisotopic (exact) mass is 529 g/mol. The van der Waals surface area contributed by atoms with Crippen LogP contribution in [0.3, 0.4) is 0 Å². The van der Waals surface area contributed by atoms with Crippen LogP contribution in [0, 0.1) is 5.92 Å². The van der Waals surface area contributed by atoms with Gasteiger partial charge in [0.25, 0.3) is 5.91 Å². The molecule has 0 spiro atoms. The quantitative estimate of drug-likeness (QED) is 0.383. The van der Waals surface area contributed by atoms with E-state index in [1.807, 2.05) is 0 Å². The first-order valence-electron chi connectivity index (χ1n) is 11.0. The summed E-state index contributed by atoms with van der Waals surface area (Å²) in [5.41, 5.74) is -1.35. The zero-order valence-electron chi connectivity index (χ0n) is 18.6. The highest BCUT2D eigenvalue weighted by Crippen LogP contribution is 2.32. The summed E-state index contributed by atoms with van der Waals surface area (Å²) in [6.45, 7) is 1.68. The lowest BCUT2D eigenvalue weighted by Crippen LogP contribution is -2.44. The van der Waals surface area contributed by atoms with Crippen molar-refractivity contribution in [1.29, 1.82) is 0 Å². The van der Waals surface area contributed by atoms with Crippen molar-refractivity contribution in [1.82, 2.24) is 10.5 Å². The largest absolute Gasteiger partial charge is 0.450 e. The van der Waals surface area contributed by atoms with Crippen LogP contribution in [0.5, 0.6) is 0 Å². The minimum Gasteiger partial charge on any atom is -0.450 e. The van der Waals surface area contributed by atoms with E-state index in [0.29, 0.717) is 17.5 Å². The lowest BCUT2D eigenvalue weighted by Gasteiger charge is -2.31. The van der Waals surface area contributed by atoms with E-state index in [0.717, 1.165) is 25.9 Å². The molecule has 34 heavy (non-hydrogen) atoms. The second kappa shape index (κ2) is 11.9. The summed E-state index contributed by atoms with van der Waals surface area (Å²) >= 11 is 0. The minimum atomic E-state index is -2.07. The first-order chi connectivity index (χ1) is 16.1. The van der Waals surface area contributed by atoms with E-state index in [4.69, 9.17) is 9.26 Å². The number of halogens is 1. The molecule has 0 radical (unpaired) electrons. The third-order valence-corrected chi connectivity index (χ3v) is 5.92. The Kier molecular flexibility index (Phi) is 8.98. The first-order valence-corrected chi connectivity index (χ1v) is 11.0. The van der Waals surface area contributed by atoms with Crippen LogP contribution in [0.4, 0.5) is 5.82 Å². The number of anilines is 1. The molecule has 0 saturated carbocycles. The predicted molar refractivity (Wildman–Crippen MR) is 131 cm³/mol. The zero-order chi connectivity index (χ0) is 23.1. The van der Waals surface area contributed by atoms with Crippen molar-refractivity contribution in [2.45, 2.75) is 31.0 Å². The molecule has 3 aromatic rings. The molecule has 3 N–H and O–H groups in total. The van der Waals surface area contributed by atoms with Gasteiger partial charge in [-0.1, -0.05) is 65.8 Å². The van der Waals surface area contributed by atoms with Crippen LogP contribution in [0.1, 0.15) is 30.4 Å². The summed E-state index contributed by atoms with van der Waals surface area (Å²) in [7, 11) is 0. The number of hydrogen-bond donors (Lipinski definition) is 3. The Morgan fingerprint density at radius 1 is 1.06 bits per heavy atom. The number of piperidine rings is 1. The summed E-state index contributed by atoms with van der Waals surface area (Å²) in [5.74, 6) is -0.991. The van der Waals surface area contributed by atoms with Gasteiger partial charge in [-0.15, -0.1) is 17.0 Å². The van der Waals surface area contributed by atoms with Crippen LogP contribution in [0.15, 0.2) is 77.5 Å². The Bertz CT molecular complexity index is 1000. The highest BCUT2D eigenvalue weighted by Gasteiger charge is 2.44. The lowest BCUT2D eigenvalue weighted by molar-refractivity contribution is -0.171. The van der Waals surface area contributed by atoms with Gasteiger partial charge in [-0.05, 0) is 49.4 Å². The molecule has 1 unspecified atom stereocenters. The molecule has 180 valence electrons. The summed E-state index contributed by atoms with van der Waals surface area (Å²) in [4.78, 5) is 26.6. The van der Waals surface area contributed by atoms with E-state index in [1.165, 1.54) is 12.3 Å². The molecule has 1 saturated heterocycles. The van der Waals surface area contributed by atoms with Gasteiger partial charge in [0.05, 0.1) is 0 Å². The normalized spacial score (nSPS) is 15.1. The van der Waals surface area contributed by atoms with Crippen LogP contribution in [0.25, 0.3) is 0 Å². The van der Waals surface area contributed by atoms with Crippen LogP contribution >= 0.6 is 17.0 Å². The molecule has 4 rings (SSSR count). The standard InChI is InChI=1S/C25H27N3O5.BrH/c29-23(27-22-13-16-32-28-22)21(17-18-11-14-26-15-12-18)33-24(30)25(31,19-7-3-1-4-8-19)20-9-5-2-6-10-20;/h1-10,13,16,18,21,26,31H,11-12,14-15,17H2,(H,27,28,29);1H. The van der Waals surface area contributed by atoms with Gasteiger partial charge in [-0.2, -0.15) is 0 Å². The van der Waals surface area contributed by atoms with Crippen molar-refractivity contribution in [2.75, 3.05) is 18.4 Å². The molecule has 8 nitrogen and oxygen atoms in total. The SMILES string of the molecule is Br.O=C(Nc1ccon1)C(CC1CCNCC1)OC(=O)C(O)(c1ccccc1)c1ccccc1. The van der Waals surface area contributed by atoms with Crippen molar-refractivity contribution in [3.8, 4) is 0 Å². The number of carbonyl (C=O) groups is 2. The summed E-state index contributed by atoms with van der Waals surface area (Å²) in [5, 5.41) is 21.3. The molecule has 2 aromatic carbocycles. The van der Waals surface area contributed by atoms with Crippen molar-refractivity contribution in [3.63, 3.8) is 0 Å². The number of aromatic nitrogens is 1. The molecule has 1 amide bonds. The predicted octanol–water partition coefficient (Wildman–Crippen LogP) is 3.43. The third-order valence-electron chi connectivity index (χ3n) is 5.92. The lowest BCUT2D eigenvalue weighted by atomic mass is 9.86. The molecule has 1 aromatic heterocycles. The van der Waals surface area contributed by atoms with Gasteiger partial charge < -0.3 is 25.0 Å². The fourth-order valence-electron chi connectivity index (χ4n) is 4.09. The number of benzene rings is 2. The Hall–Kier alpha value is -3.01. The number of amides is 1. The Balaban J connectivity index is 0.00000324.